The smallest absolute Gasteiger partial charge is 0.380 e. The van der Waals surface area contributed by atoms with Crippen LogP contribution in [0.15, 0.2) is 4.52 Å². The number of hydrogen-bond acceptors (Lipinski definition) is 5. The topological polar surface area (TPSA) is 72.6 Å². The standard InChI is InChI=1S/C19H33NO4/c1-3-4-5-6-7-8-9-10-11-12-13-14-15-16-17(21)18(24-20-16)19(22)23-2/h21H,3-15H2,1-2H3. The molecule has 0 bridgehead atoms. The Morgan fingerprint density at radius 3 is 1.96 bits per heavy atom. The third kappa shape index (κ3) is 7.84. The van der Waals surface area contributed by atoms with Crippen molar-refractivity contribution < 1.29 is 19.2 Å². The van der Waals surface area contributed by atoms with Crippen LogP contribution in [0, 0.1) is 0 Å². The van der Waals surface area contributed by atoms with Crippen LogP contribution in [0.25, 0.3) is 0 Å². The lowest BCUT2D eigenvalue weighted by atomic mass is 10.0. The molecule has 0 unspecified atom stereocenters. The van der Waals surface area contributed by atoms with Crippen molar-refractivity contribution in [1.82, 2.24) is 5.16 Å². The van der Waals surface area contributed by atoms with E-state index in [2.05, 4.69) is 16.8 Å². The number of hydrogen-bond donors (Lipinski definition) is 1. The van der Waals surface area contributed by atoms with Crippen LogP contribution in [-0.4, -0.2) is 23.3 Å². The summed E-state index contributed by atoms with van der Waals surface area (Å²) in [4.78, 5) is 11.3. The lowest BCUT2D eigenvalue weighted by molar-refractivity contribution is 0.0550. The molecule has 0 aromatic carbocycles. The number of ether oxygens (including phenoxy) is 1. The van der Waals surface area contributed by atoms with Gasteiger partial charge in [0, 0.05) is 0 Å². The molecule has 0 aliphatic carbocycles. The highest BCUT2D eigenvalue weighted by Gasteiger charge is 2.21. The average Bonchev–Trinajstić information content (AvgIpc) is 2.96. The van der Waals surface area contributed by atoms with Crippen molar-refractivity contribution in [2.45, 2.75) is 90.4 Å². The van der Waals surface area contributed by atoms with E-state index >= 15 is 0 Å². The number of esters is 1. The zero-order valence-corrected chi connectivity index (χ0v) is 15.3. The number of methoxy groups -OCH3 is 1. The predicted molar refractivity (Wildman–Crippen MR) is 94.3 cm³/mol. The van der Waals surface area contributed by atoms with E-state index in [0.717, 1.165) is 12.8 Å². The maximum Gasteiger partial charge on any atom is 0.380 e. The van der Waals surface area contributed by atoms with E-state index < -0.39 is 5.97 Å². The van der Waals surface area contributed by atoms with Gasteiger partial charge < -0.3 is 14.4 Å². The minimum atomic E-state index is -0.694. The van der Waals surface area contributed by atoms with E-state index in [4.69, 9.17) is 4.52 Å². The van der Waals surface area contributed by atoms with Crippen LogP contribution in [0.4, 0.5) is 0 Å². The van der Waals surface area contributed by atoms with Gasteiger partial charge in [-0.15, -0.1) is 0 Å². The maximum atomic E-state index is 11.3. The van der Waals surface area contributed by atoms with E-state index in [-0.39, 0.29) is 11.5 Å². The van der Waals surface area contributed by atoms with Gasteiger partial charge in [0.05, 0.1) is 7.11 Å². The summed E-state index contributed by atoms with van der Waals surface area (Å²) in [5.74, 6) is -1.07. The van der Waals surface area contributed by atoms with Gasteiger partial charge in [-0.05, 0) is 12.8 Å². The summed E-state index contributed by atoms with van der Waals surface area (Å²) in [5, 5.41) is 13.6. The second kappa shape index (κ2) is 12.8. The first kappa shape index (κ1) is 20.5. The summed E-state index contributed by atoms with van der Waals surface area (Å²) >= 11 is 0. The fourth-order valence-electron chi connectivity index (χ4n) is 2.84. The van der Waals surface area contributed by atoms with Crippen molar-refractivity contribution in [3.05, 3.63) is 11.5 Å². The Balaban J connectivity index is 1.99. The molecule has 1 heterocycles. The Morgan fingerprint density at radius 2 is 1.46 bits per heavy atom. The highest BCUT2D eigenvalue weighted by atomic mass is 16.6. The summed E-state index contributed by atoms with van der Waals surface area (Å²) in [6.45, 7) is 2.25. The molecule has 1 rings (SSSR count). The normalized spacial score (nSPS) is 10.9. The van der Waals surface area contributed by atoms with E-state index in [0.29, 0.717) is 12.1 Å². The third-order valence-corrected chi connectivity index (χ3v) is 4.37. The molecule has 24 heavy (non-hydrogen) atoms. The van der Waals surface area contributed by atoms with Gasteiger partial charge in [-0.25, -0.2) is 4.79 Å². The summed E-state index contributed by atoms with van der Waals surface area (Å²) in [5.41, 5.74) is 0.447. The van der Waals surface area contributed by atoms with Crippen LogP contribution >= 0.6 is 0 Å². The molecule has 0 saturated heterocycles. The molecule has 5 heteroatoms. The Bertz CT molecular complexity index is 456. The van der Waals surface area contributed by atoms with Crippen LogP contribution in [0.2, 0.25) is 0 Å². The molecule has 0 saturated carbocycles. The van der Waals surface area contributed by atoms with Crippen molar-refractivity contribution >= 4 is 5.97 Å². The highest BCUT2D eigenvalue weighted by molar-refractivity contribution is 5.89. The maximum absolute atomic E-state index is 11.3. The number of rotatable bonds is 14. The number of aryl methyl sites for hydroxylation is 1. The first-order chi connectivity index (χ1) is 11.7. The van der Waals surface area contributed by atoms with E-state index in [1.54, 1.807) is 0 Å². The molecule has 0 spiro atoms. The fourth-order valence-corrected chi connectivity index (χ4v) is 2.84. The molecule has 0 atom stereocenters. The van der Waals surface area contributed by atoms with Crippen molar-refractivity contribution in [3.63, 3.8) is 0 Å². The van der Waals surface area contributed by atoms with Crippen LogP contribution in [0.5, 0.6) is 5.75 Å². The quantitative estimate of drug-likeness (QED) is 0.362. The van der Waals surface area contributed by atoms with Gasteiger partial charge in [-0.2, -0.15) is 0 Å². The third-order valence-electron chi connectivity index (χ3n) is 4.37. The van der Waals surface area contributed by atoms with Gasteiger partial charge in [-0.3, -0.25) is 0 Å². The molecular weight excluding hydrogens is 306 g/mol. The zero-order valence-electron chi connectivity index (χ0n) is 15.3. The van der Waals surface area contributed by atoms with Crippen molar-refractivity contribution in [2.75, 3.05) is 7.11 Å². The van der Waals surface area contributed by atoms with E-state index in [9.17, 15) is 9.90 Å². The first-order valence-corrected chi connectivity index (χ1v) is 9.46. The lowest BCUT2D eigenvalue weighted by Crippen LogP contribution is -1.99. The number of carbonyl (C=O) groups is 1. The lowest BCUT2D eigenvalue weighted by Gasteiger charge is -2.02. The summed E-state index contributed by atoms with van der Waals surface area (Å²) in [6, 6.07) is 0. The Hall–Kier alpha value is -1.52. The van der Waals surface area contributed by atoms with Crippen LogP contribution < -0.4 is 0 Å². The van der Waals surface area contributed by atoms with Gasteiger partial charge in [0.15, 0.2) is 5.75 Å². The monoisotopic (exact) mass is 339 g/mol. The zero-order chi connectivity index (χ0) is 17.6. The number of carbonyl (C=O) groups excluding carboxylic acids is 1. The van der Waals surface area contributed by atoms with Gasteiger partial charge >= 0.3 is 5.97 Å². The van der Waals surface area contributed by atoms with Crippen LogP contribution in [0.3, 0.4) is 0 Å². The van der Waals surface area contributed by atoms with Crippen LogP contribution in [0.1, 0.15) is 100 Å². The predicted octanol–water partition coefficient (Wildman–Crippen LogP) is 5.41. The minimum absolute atomic E-state index is 0.176. The second-order valence-electron chi connectivity index (χ2n) is 6.44. The van der Waals surface area contributed by atoms with Gasteiger partial charge in [-0.1, -0.05) is 82.7 Å². The largest absolute Gasteiger partial charge is 0.503 e. The molecule has 0 aliphatic heterocycles. The van der Waals surface area contributed by atoms with Crippen molar-refractivity contribution in [3.8, 4) is 5.75 Å². The number of aromatic nitrogens is 1. The van der Waals surface area contributed by atoms with Gasteiger partial charge in [0.2, 0.25) is 0 Å². The Kier molecular flexibility index (Phi) is 11.0. The number of aromatic hydroxyl groups is 1. The van der Waals surface area contributed by atoms with Crippen molar-refractivity contribution in [2.24, 2.45) is 0 Å². The fraction of sp³-hybridized carbons (Fsp3) is 0.789. The first-order valence-electron chi connectivity index (χ1n) is 9.46. The molecule has 0 radical (unpaired) electrons. The second-order valence-corrected chi connectivity index (χ2v) is 6.44. The molecule has 0 amide bonds. The minimum Gasteiger partial charge on any atom is -0.503 e. The summed E-state index contributed by atoms with van der Waals surface area (Å²) in [6.07, 6.45) is 16.0. The molecule has 0 aliphatic rings. The molecule has 138 valence electrons. The van der Waals surface area contributed by atoms with Gasteiger partial charge in [0.1, 0.15) is 5.69 Å². The SMILES string of the molecule is CCCCCCCCCCCCCCc1noc(C(=O)OC)c1O. The van der Waals surface area contributed by atoms with Gasteiger partial charge in [0.25, 0.3) is 5.76 Å². The number of unbranched alkanes of at least 4 members (excludes halogenated alkanes) is 11. The van der Waals surface area contributed by atoms with Crippen molar-refractivity contribution in [1.29, 1.82) is 0 Å². The van der Waals surface area contributed by atoms with E-state index in [1.165, 1.54) is 71.3 Å². The highest BCUT2D eigenvalue weighted by Crippen LogP contribution is 2.24. The van der Waals surface area contributed by atoms with E-state index in [1.807, 2.05) is 0 Å². The molecule has 1 aromatic heterocycles. The molecule has 1 aromatic rings. The number of nitrogens with zero attached hydrogens (tertiary/aromatic N) is 1. The molecule has 0 fully saturated rings. The average molecular weight is 339 g/mol. The summed E-state index contributed by atoms with van der Waals surface area (Å²) in [7, 11) is 1.25. The molecule has 1 N–H and O–H groups in total. The Labute approximate surface area is 145 Å². The Morgan fingerprint density at radius 1 is 0.958 bits per heavy atom. The summed E-state index contributed by atoms with van der Waals surface area (Å²) < 4.78 is 9.35. The van der Waals surface area contributed by atoms with Crippen LogP contribution in [-0.2, 0) is 11.2 Å². The molecule has 5 nitrogen and oxygen atoms in total. The molecular formula is C19H33NO4.